The Morgan fingerprint density at radius 3 is 2.95 bits per heavy atom. The van der Waals surface area contributed by atoms with Gasteiger partial charge in [-0.3, -0.25) is 0 Å². The molecule has 20 heavy (non-hydrogen) atoms. The number of rotatable bonds is 5. The van der Waals surface area contributed by atoms with Gasteiger partial charge in [-0.2, -0.15) is 4.98 Å². The lowest BCUT2D eigenvalue weighted by molar-refractivity contribution is 0.189. The van der Waals surface area contributed by atoms with Crippen molar-refractivity contribution in [3.63, 3.8) is 0 Å². The number of aryl methyl sites for hydroxylation is 1. The Morgan fingerprint density at radius 1 is 1.45 bits per heavy atom. The third-order valence-electron chi connectivity index (χ3n) is 3.39. The highest BCUT2D eigenvalue weighted by molar-refractivity contribution is 5.38. The van der Waals surface area contributed by atoms with Gasteiger partial charge < -0.3 is 14.4 Å². The topological polar surface area (TPSA) is 68.4 Å². The van der Waals surface area contributed by atoms with Crippen molar-refractivity contribution in [2.24, 2.45) is 0 Å². The lowest BCUT2D eigenvalue weighted by Crippen LogP contribution is -2.02. The number of hydrogen-bond acceptors (Lipinski definition) is 5. The van der Waals surface area contributed by atoms with E-state index in [-0.39, 0.29) is 6.61 Å². The molecule has 1 aliphatic carbocycles. The fraction of sp³-hybridized carbons (Fsp3) is 0.467. The Balaban J connectivity index is 1.71. The number of ether oxygens (including phenoxy) is 1. The van der Waals surface area contributed by atoms with E-state index in [1.165, 1.54) is 0 Å². The molecule has 1 saturated carbocycles. The summed E-state index contributed by atoms with van der Waals surface area (Å²) in [5, 5.41) is 13.7. The third kappa shape index (κ3) is 2.82. The maximum absolute atomic E-state index is 9.75. The van der Waals surface area contributed by atoms with Crippen molar-refractivity contribution < 1.29 is 14.4 Å². The van der Waals surface area contributed by atoms with Crippen molar-refractivity contribution in [2.45, 2.75) is 45.3 Å². The van der Waals surface area contributed by atoms with Crippen LogP contribution in [0.4, 0.5) is 0 Å². The maximum atomic E-state index is 9.75. The van der Waals surface area contributed by atoms with Crippen LogP contribution in [0.5, 0.6) is 5.75 Å². The smallest absolute Gasteiger partial charge is 0.229 e. The van der Waals surface area contributed by atoms with E-state index < -0.39 is 6.10 Å². The average Bonchev–Trinajstić information content (AvgIpc) is 3.15. The van der Waals surface area contributed by atoms with Crippen LogP contribution < -0.4 is 4.74 Å². The van der Waals surface area contributed by atoms with Crippen molar-refractivity contribution in [3.05, 3.63) is 41.0 Å². The molecule has 0 unspecified atom stereocenters. The zero-order valence-corrected chi connectivity index (χ0v) is 11.7. The summed E-state index contributed by atoms with van der Waals surface area (Å²) in [7, 11) is 0. The number of nitrogens with zero attached hydrogens (tertiary/aromatic N) is 2. The zero-order chi connectivity index (χ0) is 14.1. The summed E-state index contributed by atoms with van der Waals surface area (Å²) in [6.45, 7) is 3.95. The predicted octanol–water partition coefficient (Wildman–Crippen LogP) is 2.89. The molecular weight excluding hydrogens is 256 g/mol. The molecule has 1 atom stereocenters. The van der Waals surface area contributed by atoms with Crippen molar-refractivity contribution in [3.8, 4) is 5.75 Å². The summed E-state index contributed by atoms with van der Waals surface area (Å²) in [5.74, 6) is 2.37. The first-order valence-corrected chi connectivity index (χ1v) is 6.87. The molecule has 1 heterocycles. The van der Waals surface area contributed by atoms with Crippen LogP contribution in [-0.4, -0.2) is 15.2 Å². The summed E-state index contributed by atoms with van der Waals surface area (Å²) < 4.78 is 10.9. The largest absolute Gasteiger partial charge is 0.485 e. The van der Waals surface area contributed by atoms with Gasteiger partial charge in [0.1, 0.15) is 5.75 Å². The van der Waals surface area contributed by atoms with Crippen molar-refractivity contribution in [1.29, 1.82) is 0 Å². The van der Waals surface area contributed by atoms with Gasteiger partial charge in [0.05, 0.1) is 6.10 Å². The number of aliphatic hydroxyl groups excluding tert-OH is 1. The van der Waals surface area contributed by atoms with Crippen molar-refractivity contribution in [2.75, 3.05) is 0 Å². The van der Waals surface area contributed by atoms with Gasteiger partial charge >= 0.3 is 0 Å². The molecular formula is C15H18N2O3. The van der Waals surface area contributed by atoms with E-state index >= 15 is 0 Å². The third-order valence-corrected chi connectivity index (χ3v) is 3.39. The first kappa shape index (κ1) is 13.1. The van der Waals surface area contributed by atoms with Crippen molar-refractivity contribution >= 4 is 0 Å². The van der Waals surface area contributed by atoms with Crippen LogP contribution in [0.3, 0.4) is 0 Å². The Labute approximate surface area is 117 Å². The number of hydrogen-bond donors (Lipinski definition) is 1. The molecule has 1 aromatic carbocycles. The Morgan fingerprint density at radius 2 is 2.25 bits per heavy atom. The highest BCUT2D eigenvalue weighted by Crippen LogP contribution is 2.38. The number of aromatic nitrogens is 2. The second kappa shape index (κ2) is 5.25. The van der Waals surface area contributed by atoms with Crippen LogP contribution in [0.15, 0.2) is 22.7 Å². The van der Waals surface area contributed by atoms with Crippen LogP contribution in [0.1, 0.15) is 54.6 Å². The van der Waals surface area contributed by atoms with Crippen LogP contribution in [-0.2, 0) is 6.61 Å². The Hall–Kier alpha value is -1.88. The van der Waals surface area contributed by atoms with Gasteiger partial charge in [-0.05, 0) is 38.3 Å². The van der Waals surface area contributed by atoms with E-state index in [9.17, 15) is 5.11 Å². The molecule has 0 amide bonds. The highest BCUT2D eigenvalue weighted by atomic mass is 16.5. The molecule has 0 spiro atoms. The van der Waals surface area contributed by atoms with Gasteiger partial charge in [-0.1, -0.05) is 17.3 Å². The molecule has 0 bridgehead atoms. The monoisotopic (exact) mass is 274 g/mol. The van der Waals surface area contributed by atoms with Gasteiger partial charge in [0, 0.05) is 11.5 Å². The van der Waals surface area contributed by atoms with Gasteiger partial charge in [0.2, 0.25) is 11.7 Å². The SMILES string of the molecule is Cc1ccc([C@H](C)O)c(OCc2noc(C3CC3)n2)c1. The van der Waals surface area contributed by atoms with Gasteiger partial charge in [0.25, 0.3) is 0 Å². The molecule has 1 aliphatic rings. The summed E-state index contributed by atoms with van der Waals surface area (Å²) >= 11 is 0. The molecule has 1 N–H and O–H groups in total. The fourth-order valence-corrected chi connectivity index (χ4v) is 2.08. The minimum atomic E-state index is -0.571. The fourth-order valence-electron chi connectivity index (χ4n) is 2.08. The highest BCUT2D eigenvalue weighted by Gasteiger charge is 2.29. The molecule has 0 saturated heterocycles. The molecule has 2 aromatic rings. The van der Waals surface area contributed by atoms with E-state index in [0.29, 0.717) is 23.4 Å². The van der Waals surface area contributed by atoms with Gasteiger partial charge in [-0.15, -0.1) is 0 Å². The summed E-state index contributed by atoms with van der Waals surface area (Å²) in [4.78, 5) is 4.32. The van der Waals surface area contributed by atoms with Crippen LogP contribution in [0.2, 0.25) is 0 Å². The van der Waals surface area contributed by atoms with Crippen LogP contribution >= 0.6 is 0 Å². The second-order valence-corrected chi connectivity index (χ2v) is 5.33. The molecule has 5 nitrogen and oxygen atoms in total. The molecule has 3 rings (SSSR count). The first-order valence-electron chi connectivity index (χ1n) is 6.87. The maximum Gasteiger partial charge on any atom is 0.229 e. The minimum Gasteiger partial charge on any atom is -0.485 e. The molecule has 0 radical (unpaired) electrons. The lowest BCUT2D eigenvalue weighted by Gasteiger charge is -2.13. The minimum absolute atomic E-state index is 0.249. The normalized spacial score (nSPS) is 16.1. The molecule has 1 aromatic heterocycles. The van der Waals surface area contributed by atoms with Crippen molar-refractivity contribution in [1.82, 2.24) is 10.1 Å². The predicted molar refractivity (Wildman–Crippen MR) is 72.4 cm³/mol. The van der Waals surface area contributed by atoms with Crippen LogP contribution in [0.25, 0.3) is 0 Å². The summed E-state index contributed by atoms with van der Waals surface area (Å²) in [6.07, 6.45) is 1.69. The summed E-state index contributed by atoms with van der Waals surface area (Å²) in [6, 6.07) is 5.74. The average molecular weight is 274 g/mol. The number of aliphatic hydroxyl groups is 1. The Bertz CT molecular complexity index is 603. The second-order valence-electron chi connectivity index (χ2n) is 5.33. The Kier molecular flexibility index (Phi) is 3.44. The first-order chi connectivity index (χ1) is 9.63. The van der Waals surface area contributed by atoms with Crippen LogP contribution in [0, 0.1) is 6.92 Å². The van der Waals surface area contributed by atoms with E-state index in [1.807, 2.05) is 25.1 Å². The molecule has 5 heteroatoms. The quantitative estimate of drug-likeness (QED) is 0.908. The van der Waals surface area contributed by atoms with E-state index in [1.54, 1.807) is 6.92 Å². The van der Waals surface area contributed by atoms with Gasteiger partial charge in [-0.25, -0.2) is 0 Å². The van der Waals surface area contributed by atoms with E-state index in [0.717, 1.165) is 24.0 Å². The lowest BCUT2D eigenvalue weighted by atomic mass is 10.1. The van der Waals surface area contributed by atoms with E-state index in [4.69, 9.17) is 9.26 Å². The van der Waals surface area contributed by atoms with Gasteiger partial charge in [0.15, 0.2) is 6.61 Å². The molecule has 0 aliphatic heterocycles. The standard InChI is InChI=1S/C15H18N2O3/c1-9-3-6-12(10(2)18)13(7-9)19-8-14-16-15(20-17-14)11-4-5-11/h3,6-7,10-11,18H,4-5,8H2,1-2H3/t10-/m0/s1. The molecule has 106 valence electrons. The van der Waals surface area contributed by atoms with E-state index in [2.05, 4.69) is 10.1 Å². The summed E-state index contributed by atoms with van der Waals surface area (Å²) in [5.41, 5.74) is 1.85. The molecule has 1 fully saturated rings. The zero-order valence-electron chi connectivity index (χ0n) is 11.7. The number of benzene rings is 1.